The number of hydrogen-bond acceptors (Lipinski definition) is 2. The Morgan fingerprint density at radius 1 is 1.10 bits per heavy atom. The number of ether oxygens (including phenoxy) is 1. The van der Waals surface area contributed by atoms with E-state index in [9.17, 15) is 4.39 Å². The highest BCUT2D eigenvalue weighted by atomic mass is 19.1. The van der Waals surface area contributed by atoms with Crippen molar-refractivity contribution in [2.75, 3.05) is 6.61 Å². The van der Waals surface area contributed by atoms with Gasteiger partial charge < -0.3 is 10.5 Å². The van der Waals surface area contributed by atoms with Gasteiger partial charge in [0.15, 0.2) is 0 Å². The van der Waals surface area contributed by atoms with Crippen molar-refractivity contribution in [1.29, 1.82) is 0 Å². The van der Waals surface area contributed by atoms with Crippen LogP contribution in [0.2, 0.25) is 0 Å². The summed E-state index contributed by atoms with van der Waals surface area (Å²) in [6.07, 6.45) is 1.58. The van der Waals surface area contributed by atoms with Gasteiger partial charge in [-0.3, -0.25) is 0 Å². The molecule has 2 aromatic rings. The number of benzene rings is 2. The summed E-state index contributed by atoms with van der Waals surface area (Å²) in [7, 11) is 0. The minimum atomic E-state index is -0.758. The number of halogens is 1. The molecule has 2 aromatic carbocycles. The zero-order valence-electron chi connectivity index (χ0n) is 12.6. The molecule has 0 aliphatic heterocycles. The molecular weight excluding hydrogens is 265 g/mol. The molecule has 0 spiro atoms. The van der Waals surface area contributed by atoms with Crippen LogP contribution in [0, 0.1) is 5.82 Å². The molecule has 3 heteroatoms. The molecule has 0 saturated heterocycles. The van der Waals surface area contributed by atoms with E-state index in [4.69, 9.17) is 10.5 Å². The van der Waals surface area contributed by atoms with Crippen LogP contribution in [0.1, 0.15) is 37.8 Å². The molecule has 0 heterocycles. The first-order valence-electron chi connectivity index (χ1n) is 7.39. The second kappa shape index (κ2) is 6.72. The Bertz CT molecular complexity index is 599. The minimum absolute atomic E-state index is 0.275. The van der Waals surface area contributed by atoms with Gasteiger partial charge in [0.1, 0.15) is 11.6 Å². The van der Waals surface area contributed by atoms with E-state index >= 15 is 0 Å². The van der Waals surface area contributed by atoms with Gasteiger partial charge in [-0.2, -0.15) is 0 Å². The molecule has 0 saturated carbocycles. The maximum Gasteiger partial charge on any atom is 0.124 e. The van der Waals surface area contributed by atoms with Gasteiger partial charge in [-0.15, -0.1) is 0 Å². The number of rotatable bonds is 6. The van der Waals surface area contributed by atoms with Crippen LogP contribution in [0.5, 0.6) is 5.75 Å². The highest BCUT2D eigenvalue weighted by molar-refractivity contribution is 5.46. The van der Waals surface area contributed by atoms with E-state index in [2.05, 4.69) is 6.92 Å². The van der Waals surface area contributed by atoms with Crippen LogP contribution in [-0.4, -0.2) is 6.61 Å². The molecule has 0 fully saturated rings. The minimum Gasteiger partial charge on any atom is -0.493 e. The van der Waals surface area contributed by atoms with Crippen LogP contribution in [0.3, 0.4) is 0 Å². The summed E-state index contributed by atoms with van der Waals surface area (Å²) in [4.78, 5) is 0. The van der Waals surface area contributed by atoms with Crippen molar-refractivity contribution in [1.82, 2.24) is 0 Å². The summed E-state index contributed by atoms with van der Waals surface area (Å²) in [5, 5.41) is 0. The Labute approximate surface area is 125 Å². The van der Waals surface area contributed by atoms with E-state index in [1.54, 1.807) is 6.07 Å². The largest absolute Gasteiger partial charge is 0.493 e. The fourth-order valence-electron chi connectivity index (χ4n) is 2.49. The molecule has 2 rings (SSSR count). The third-order valence-electron chi connectivity index (χ3n) is 3.73. The fraction of sp³-hybridized carbons (Fsp3) is 0.333. The predicted octanol–water partition coefficient (Wildman–Crippen LogP) is 4.23. The average Bonchev–Trinajstić information content (AvgIpc) is 2.52. The van der Waals surface area contributed by atoms with Crippen molar-refractivity contribution < 1.29 is 9.13 Å². The fourth-order valence-corrected chi connectivity index (χ4v) is 2.49. The van der Waals surface area contributed by atoms with Crippen LogP contribution < -0.4 is 10.5 Å². The molecule has 0 aromatic heterocycles. The van der Waals surface area contributed by atoms with Gasteiger partial charge in [-0.05, 0) is 36.6 Å². The van der Waals surface area contributed by atoms with Crippen molar-refractivity contribution in [3.05, 3.63) is 65.5 Å². The standard InChI is InChI=1S/C18H22FNO/c1-3-12-21-17-11-6-5-10-16(17)18(20,4-2)14-8-7-9-15(19)13-14/h5-11,13H,3-4,12,20H2,1-2H3. The summed E-state index contributed by atoms with van der Waals surface area (Å²) >= 11 is 0. The third-order valence-corrected chi connectivity index (χ3v) is 3.73. The van der Waals surface area contributed by atoms with Gasteiger partial charge in [0.2, 0.25) is 0 Å². The van der Waals surface area contributed by atoms with E-state index in [1.807, 2.05) is 37.3 Å². The van der Waals surface area contributed by atoms with Crippen molar-refractivity contribution >= 4 is 0 Å². The molecule has 1 unspecified atom stereocenters. The Balaban J connectivity index is 2.50. The molecule has 0 aliphatic rings. The predicted molar refractivity (Wildman–Crippen MR) is 83.9 cm³/mol. The summed E-state index contributed by atoms with van der Waals surface area (Å²) < 4.78 is 19.4. The lowest BCUT2D eigenvalue weighted by Gasteiger charge is -2.31. The van der Waals surface area contributed by atoms with E-state index in [0.29, 0.717) is 13.0 Å². The zero-order valence-corrected chi connectivity index (χ0v) is 12.6. The van der Waals surface area contributed by atoms with Gasteiger partial charge in [0, 0.05) is 5.56 Å². The van der Waals surface area contributed by atoms with Crippen molar-refractivity contribution in [3.63, 3.8) is 0 Å². The SMILES string of the molecule is CCCOc1ccccc1C(N)(CC)c1cccc(F)c1. The first-order valence-corrected chi connectivity index (χ1v) is 7.39. The quantitative estimate of drug-likeness (QED) is 0.863. The smallest absolute Gasteiger partial charge is 0.124 e. The van der Waals surface area contributed by atoms with Crippen LogP contribution in [-0.2, 0) is 5.54 Å². The molecular formula is C18H22FNO. The van der Waals surface area contributed by atoms with Gasteiger partial charge in [0.25, 0.3) is 0 Å². The Kier molecular flexibility index (Phi) is 4.97. The molecule has 21 heavy (non-hydrogen) atoms. The third kappa shape index (κ3) is 3.24. The van der Waals surface area contributed by atoms with Crippen molar-refractivity contribution in [3.8, 4) is 5.75 Å². The lowest BCUT2D eigenvalue weighted by atomic mass is 9.81. The van der Waals surface area contributed by atoms with Crippen LogP contribution >= 0.6 is 0 Å². The van der Waals surface area contributed by atoms with E-state index in [0.717, 1.165) is 23.3 Å². The lowest BCUT2D eigenvalue weighted by Crippen LogP contribution is -2.37. The van der Waals surface area contributed by atoms with E-state index in [-0.39, 0.29) is 5.82 Å². The van der Waals surface area contributed by atoms with Gasteiger partial charge >= 0.3 is 0 Å². The van der Waals surface area contributed by atoms with E-state index < -0.39 is 5.54 Å². The van der Waals surface area contributed by atoms with Gasteiger partial charge in [-0.25, -0.2) is 4.39 Å². The Morgan fingerprint density at radius 3 is 2.52 bits per heavy atom. The Hall–Kier alpha value is -1.87. The summed E-state index contributed by atoms with van der Waals surface area (Å²) in [6.45, 7) is 4.70. The topological polar surface area (TPSA) is 35.2 Å². The van der Waals surface area contributed by atoms with Crippen LogP contribution in [0.15, 0.2) is 48.5 Å². The molecule has 0 bridgehead atoms. The second-order valence-corrected chi connectivity index (χ2v) is 5.18. The molecule has 2 N–H and O–H groups in total. The summed E-state index contributed by atoms with van der Waals surface area (Å²) in [5.41, 5.74) is 7.53. The zero-order chi connectivity index (χ0) is 15.3. The van der Waals surface area contributed by atoms with Crippen molar-refractivity contribution in [2.24, 2.45) is 5.73 Å². The van der Waals surface area contributed by atoms with Gasteiger partial charge in [-0.1, -0.05) is 44.2 Å². The number of hydrogen-bond donors (Lipinski definition) is 1. The first-order chi connectivity index (χ1) is 10.1. The van der Waals surface area contributed by atoms with E-state index in [1.165, 1.54) is 12.1 Å². The first kappa shape index (κ1) is 15.5. The lowest BCUT2D eigenvalue weighted by molar-refractivity contribution is 0.307. The Morgan fingerprint density at radius 2 is 1.86 bits per heavy atom. The van der Waals surface area contributed by atoms with Crippen molar-refractivity contribution in [2.45, 2.75) is 32.2 Å². The average molecular weight is 287 g/mol. The van der Waals surface area contributed by atoms with Crippen LogP contribution in [0.4, 0.5) is 4.39 Å². The molecule has 0 amide bonds. The highest BCUT2D eigenvalue weighted by Crippen LogP contribution is 2.36. The number of para-hydroxylation sites is 1. The molecule has 0 radical (unpaired) electrons. The second-order valence-electron chi connectivity index (χ2n) is 5.18. The normalized spacial score (nSPS) is 13.7. The molecule has 112 valence electrons. The molecule has 2 nitrogen and oxygen atoms in total. The maximum atomic E-state index is 13.6. The summed E-state index contributed by atoms with van der Waals surface area (Å²) in [5.74, 6) is 0.496. The summed E-state index contributed by atoms with van der Waals surface area (Å²) in [6, 6.07) is 14.2. The van der Waals surface area contributed by atoms with Crippen LogP contribution in [0.25, 0.3) is 0 Å². The van der Waals surface area contributed by atoms with Gasteiger partial charge in [0.05, 0.1) is 12.1 Å². The monoisotopic (exact) mass is 287 g/mol. The molecule has 0 aliphatic carbocycles. The maximum absolute atomic E-state index is 13.6. The number of nitrogens with two attached hydrogens (primary N) is 1. The molecule has 1 atom stereocenters. The highest BCUT2D eigenvalue weighted by Gasteiger charge is 2.30.